The van der Waals surface area contributed by atoms with Crippen LogP contribution in [0.3, 0.4) is 0 Å². The van der Waals surface area contributed by atoms with Gasteiger partial charge in [0.2, 0.25) is 0 Å². The van der Waals surface area contributed by atoms with Crippen molar-refractivity contribution in [2.75, 3.05) is 7.11 Å². The molecule has 0 amide bonds. The lowest BCUT2D eigenvalue weighted by molar-refractivity contribution is -0.131. The number of methoxy groups -OCH3 is 1. The first-order valence-corrected chi connectivity index (χ1v) is 5.71. The molecule has 0 aliphatic heterocycles. The predicted octanol–water partition coefficient (Wildman–Crippen LogP) is 2.49. The fourth-order valence-electron chi connectivity index (χ4n) is 1.73. The largest absolute Gasteiger partial charge is 0.496 e. The molecular weight excluding hydrogens is 244 g/mol. The Bertz CT molecular complexity index is 629. The van der Waals surface area contributed by atoms with Crippen LogP contribution in [0.4, 0.5) is 0 Å². The molecule has 0 saturated heterocycles. The van der Waals surface area contributed by atoms with E-state index in [2.05, 4.69) is 9.97 Å². The van der Waals surface area contributed by atoms with E-state index < -0.39 is 5.97 Å². The lowest BCUT2D eigenvalue weighted by Gasteiger charge is -2.07. The zero-order valence-corrected chi connectivity index (χ0v) is 10.7. The lowest BCUT2D eigenvalue weighted by Crippen LogP contribution is -1.91. The zero-order valence-electron chi connectivity index (χ0n) is 10.7. The molecule has 1 heterocycles. The number of aromatic nitrogens is 2. The summed E-state index contributed by atoms with van der Waals surface area (Å²) in [4.78, 5) is 17.9. The van der Waals surface area contributed by atoms with Gasteiger partial charge in [-0.3, -0.25) is 0 Å². The number of benzene rings is 1. The van der Waals surface area contributed by atoms with E-state index in [1.807, 2.05) is 25.3 Å². The van der Waals surface area contributed by atoms with Gasteiger partial charge in [-0.25, -0.2) is 9.78 Å². The van der Waals surface area contributed by atoms with E-state index in [4.69, 9.17) is 9.84 Å². The van der Waals surface area contributed by atoms with Crippen LogP contribution in [-0.4, -0.2) is 28.2 Å². The molecule has 0 unspecified atom stereocenters. The van der Waals surface area contributed by atoms with Gasteiger partial charge in [0.1, 0.15) is 11.6 Å². The summed E-state index contributed by atoms with van der Waals surface area (Å²) >= 11 is 0. The van der Waals surface area contributed by atoms with Gasteiger partial charge in [0.05, 0.1) is 18.4 Å². The van der Waals surface area contributed by atoms with Crippen molar-refractivity contribution in [3.8, 4) is 17.1 Å². The molecule has 0 radical (unpaired) electrons. The molecule has 0 bridgehead atoms. The van der Waals surface area contributed by atoms with E-state index >= 15 is 0 Å². The van der Waals surface area contributed by atoms with E-state index in [0.29, 0.717) is 5.75 Å². The molecule has 0 aliphatic rings. The monoisotopic (exact) mass is 258 g/mol. The number of aryl methyl sites for hydroxylation is 1. The third-order valence-corrected chi connectivity index (χ3v) is 2.60. The molecule has 2 rings (SSSR count). The van der Waals surface area contributed by atoms with Gasteiger partial charge in [0.15, 0.2) is 0 Å². The fourth-order valence-corrected chi connectivity index (χ4v) is 1.73. The molecule has 0 spiro atoms. The van der Waals surface area contributed by atoms with Crippen LogP contribution < -0.4 is 4.74 Å². The standard InChI is InChI=1S/C14H14N2O3/c1-9-8-15-14(16-9)11-5-3-10(4-6-13(17)18)7-12(11)19-2/h3-8H,1-2H3,(H,15,16)(H,17,18)/b6-4+. The van der Waals surface area contributed by atoms with Crippen molar-refractivity contribution >= 4 is 12.0 Å². The van der Waals surface area contributed by atoms with Gasteiger partial charge >= 0.3 is 5.97 Å². The summed E-state index contributed by atoms with van der Waals surface area (Å²) in [5.41, 5.74) is 2.49. The van der Waals surface area contributed by atoms with Crippen LogP contribution in [0.15, 0.2) is 30.5 Å². The Kier molecular flexibility index (Phi) is 3.66. The van der Waals surface area contributed by atoms with Crippen LogP contribution in [0.5, 0.6) is 5.75 Å². The summed E-state index contributed by atoms with van der Waals surface area (Å²) < 4.78 is 5.32. The van der Waals surface area contributed by atoms with Gasteiger partial charge in [-0.15, -0.1) is 0 Å². The van der Waals surface area contributed by atoms with Gasteiger partial charge in [0, 0.05) is 12.3 Å². The van der Waals surface area contributed by atoms with Crippen LogP contribution in [0.2, 0.25) is 0 Å². The molecule has 5 heteroatoms. The highest BCUT2D eigenvalue weighted by atomic mass is 16.5. The average molecular weight is 258 g/mol. The first-order chi connectivity index (χ1) is 9.10. The number of nitrogens with zero attached hydrogens (tertiary/aromatic N) is 1. The topological polar surface area (TPSA) is 75.2 Å². The molecule has 1 aromatic heterocycles. The van der Waals surface area contributed by atoms with Crippen LogP contribution in [0, 0.1) is 6.92 Å². The summed E-state index contributed by atoms with van der Waals surface area (Å²) in [7, 11) is 1.57. The third-order valence-electron chi connectivity index (χ3n) is 2.60. The molecule has 0 aliphatic carbocycles. The number of carboxylic acid groups (broad SMARTS) is 1. The molecule has 98 valence electrons. The van der Waals surface area contributed by atoms with Crippen LogP contribution in [0.1, 0.15) is 11.3 Å². The number of hydrogen-bond donors (Lipinski definition) is 2. The number of hydrogen-bond acceptors (Lipinski definition) is 3. The molecular formula is C14H14N2O3. The minimum absolute atomic E-state index is 0.641. The third kappa shape index (κ3) is 3.01. The maximum Gasteiger partial charge on any atom is 0.328 e. The number of rotatable bonds is 4. The highest BCUT2D eigenvalue weighted by molar-refractivity contribution is 5.85. The fraction of sp³-hybridized carbons (Fsp3) is 0.143. The van der Waals surface area contributed by atoms with Crippen LogP contribution in [-0.2, 0) is 4.79 Å². The zero-order chi connectivity index (χ0) is 13.8. The highest BCUT2D eigenvalue weighted by Crippen LogP contribution is 2.29. The number of aromatic amines is 1. The van der Waals surface area contributed by atoms with Crippen molar-refractivity contribution in [2.45, 2.75) is 6.92 Å². The second-order valence-corrected chi connectivity index (χ2v) is 4.02. The number of H-pyrrole nitrogens is 1. The number of imidazole rings is 1. The van der Waals surface area contributed by atoms with Gasteiger partial charge in [-0.2, -0.15) is 0 Å². The Morgan fingerprint density at radius 1 is 1.47 bits per heavy atom. The smallest absolute Gasteiger partial charge is 0.328 e. The van der Waals surface area contributed by atoms with Crippen molar-refractivity contribution < 1.29 is 14.6 Å². The maximum atomic E-state index is 10.5. The van der Waals surface area contributed by atoms with Gasteiger partial charge < -0.3 is 14.8 Å². The van der Waals surface area contributed by atoms with Gasteiger partial charge in [-0.05, 0) is 30.7 Å². The molecule has 0 saturated carbocycles. The highest BCUT2D eigenvalue weighted by Gasteiger charge is 2.09. The van der Waals surface area contributed by atoms with Gasteiger partial charge in [-0.1, -0.05) is 6.07 Å². The Morgan fingerprint density at radius 2 is 2.26 bits per heavy atom. The quantitative estimate of drug-likeness (QED) is 0.826. The first kappa shape index (κ1) is 12.9. The van der Waals surface area contributed by atoms with E-state index in [-0.39, 0.29) is 0 Å². The van der Waals surface area contributed by atoms with Crippen molar-refractivity contribution in [1.29, 1.82) is 0 Å². The predicted molar refractivity (Wildman–Crippen MR) is 72.0 cm³/mol. The minimum Gasteiger partial charge on any atom is -0.496 e. The normalized spacial score (nSPS) is 10.8. The summed E-state index contributed by atoms with van der Waals surface area (Å²) in [6.45, 7) is 1.90. The summed E-state index contributed by atoms with van der Waals surface area (Å²) in [5.74, 6) is 0.384. The number of carboxylic acids is 1. The number of aliphatic carboxylic acids is 1. The van der Waals surface area contributed by atoms with Crippen molar-refractivity contribution in [3.63, 3.8) is 0 Å². The minimum atomic E-state index is -0.982. The molecule has 5 nitrogen and oxygen atoms in total. The molecule has 1 aromatic carbocycles. The van der Waals surface area contributed by atoms with E-state index in [1.54, 1.807) is 13.2 Å². The average Bonchev–Trinajstić information content (AvgIpc) is 2.82. The summed E-state index contributed by atoms with van der Waals surface area (Å²) in [5, 5.41) is 8.60. The second kappa shape index (κ2) is 5.39. The Hall–Kier alpha value is -2.56. The molecule has 2 aromatic rings. The second-order valence-electron chi connectivity index (χ2n) is 4.02. The Balaban J connectivity index is 2.39. The molecule has 0 atom stereocenters. The molecule has 0 fully saturated rings. The van der Waals surface area contributed by atoms with Crippen molar-refractivity contribution in [3.05, 3.63) is 41.7 Å². The van der Waals surface area contributed by atoms with Crippen LogP contribution >= 0.6 is 0 Å². The Labute approximate surface area is 110 Å². The number of carbonyl (C=O) groups is 1. The summed E-state index contributed by atoms with van der Waals surface area (Å²) in [6.07, 6.45) is 4.42. The molecule has 2 N–H and O–H groups in total. The lowest BCUT2D eigenvalue weighted by atomic mass is 10.1. The Morgan fingerprint density at radius 3 is 2.84 bits per heavy atom. The van der Waals surface area contributed by atoms with E-state index in [0.717, 1.165) is 28.7 Å². The number of ether oxygens (including phenoxy) is 1. The van der Waals surface area contributed by atoms with E-state index in [9.17, 15) is 4.79 Å². The molecule has 19 heavy (non-hydrogen) atoms. The van der Waals surface area contributed by atoms with E-state index in [1.165, 1.54) is 6.08 Å². The van der Waals surface area contributed by atoms with Gasteiger partial charge in [0.25, 0.3) is 0 Å². The first-order valence-electron chi connectivity index (χ1n) is 5.71. The number of nitrogens with one attached hydrogen (secondary N) is 1. The van der Waals surface area contributed by atoms with Crippen molar-refractivity contribution in [1.82, 2.24) is 9.97 Å². The maximum absolute atomic E-state index is 10.5. The summed E-state index contributed by atoms with van der Waals surface area (Å²) in [6, 6.07) is 5.43. The SMILES string of the molecule is COc1cc(/C=C/C(=O)O)ccc1-c1nc(C)c[nH]1. The van der Waals surface area contributed by atoms with Crippen LogP contribution in [0.25, 0.3) is 17.5 Å². The van der Waals surface area contributed by atoms with Crippen molar-refractivity contribution in [2.24, 2.45) is 0 Å².